The van der Waals surface area contributed by atoms with E-state index in [1.54, 1.807) is 0 Å². The Morgan fingerprint density at radius 3 is 2.40 bits per heavy atom. The van der Waals surface area contributed by atoms with Crippen molar-refractivity contribution in [2.75, 3.05) is 0 Å². The minimum absolute atomic E-state index is 0.0568. The zero-order valence-electron chi connectivity index (χ0n) is 7.76. The molecule has 0 aliphatic carbocycles. The maximum absolute atomic E-state index is 12.4. The molecule has 15 heavy (non-hydrogen) atoms. The van der Waals surface area contributed by atoms with Gasteiger partial charge in [-0.05, 0) is 24.6 Å². The van der Waals surface area contributed by atoms with Crippen LogP contribution in [0.25, 0.3) is 0 Å². The largest absolute Gasteiger partial charge is 0.417 e. The lowest BCUT2D eigenvalue weighted by Crippen LogP contribution is -2.09. The SMILES string of the molecule is C[C](O)c1ccc(C#N)c(C(F)(F)F)c1. The highest BCUT2D eigenvalue weighted by Gasteiger charge is 2.34. The molecule has 1 rings (SSSR count). The van der Waals surface area contributed by atoms with Gasteiger partial charge >= 0.3 is 6.18 Å². The van der Waals surface area contributed by atoms with E-state index in [2.05, 4.69) is 0 Å². The highest BCUT2D eigenvalue weighted by atomic mass is 19.4. The molecule has 0 atom stereocenters. The van der Waals surface area contributed by atoms with Gasteiger partial charge in [-0.15, -0.1) is 0 Å². The molecule has 1 aromatic carbocycles. The number of nitrogens with zero attached hydrogens (tertiary/aromatic N) is 1. The molecule has 2 nitrogen and oxygen atoms in total. The Labute approximate surface area is 84.6 Å². The summed E-state index contributed by atoms with van der Waals surface area (Å²) in [6.07, 6.45) is -4.80. The minimum atomic E-state index is -4.59. The minimum Gasteiger partial charge on any atom is -0.382 e. The Morgan fingerprint density at radius 2 is 2.00 bits per heavy atom. The molecule has 79 valence electrons. The first-order valence-electron chi connectivity index (χ1n) is 4.00. The van der Waals surface area contributed by atoms with E-state index >= 15 is 0 Å². The molecular weight excluding hydrogens is 207 g/mol. The Morgan fingerprint density at radius 1 is 1.40 bits per heavy atom. The van der Waals surface area contributed by atoms with Gasteiger partial charge in [0.2, 0.25) is 0 Å². The second kappa shape index (κ2) is 3.91. The Balaban J connectivity index is 3.34. The van der Waals surface area contributed by atoms with Gasteiger partial charge in [0, 0.05) is 0 Å². The van der Waals surface area contributed by atoms with Crippen LogP contribution in [-0.2, 0) is 6.18 Å². The van der Waals surface area contributed by atoms with Crippen LogP contribution in [0.3, 0.4) is 0 Å². The first-order valence-corrected chi connectivity index (χ1v) is 4.00. The number of aliphatic hydroxyl groups is 1. The summed E-state index contributed by atoms with van der Waals surface area (Å²) >= 11 is 0. The zero-order valence-corrected chi connectivity index (χ0v) is 7.76. The van der Waals surface area contributed by atoms with Crippen molar-refractivity contribution >= 4 is 0 Å². The summed E-state index contributed by atoms with van der Waals surface area (Å²) in [5.41, 5.74) is -1.43. The Hall–Kier alpha value is -1.54. The molecule has 0 aliphatic rings. The lowest BCUT2D eigenvalue weighted by molar-refractivity contribution is -0.137. The summed E-state index contributed by atoms with van der Waals surface area (Å²) in [5.74, 6) is 0. The van der Waals surface area contributed by atoms with Crippen LogP contribution in [-0.4, -0.2) is 5.11 Å². The number of hydrogen-bond acceptors (Lipinski definition) is 2. The van der Waals surface area contributed by atoms with Gasteiger partial charge in [-0.2, -0.15) is 18.4 Å². The van der Waals surface area contributed by atoms with Crippen molar-refractivity contribution in [3.8, 4) is 6.07 Å². The normalized spacial score (nSPS) is 11.5. The molecule has 1 radical (unpaired) electrons. The van der Waals surface area contributed by atoms with E-state index in [1.807, 2.05) is 0 Å². The van der Waals surface area contributed by atoms with Gasteiger partial charge in [-0.3, -0.25) is 0 Å². The number of alkyl halides is 3. The monoisotopic (exact) mass is 214 g/mol. The van der Waals surface area contributed by atoms with Crippen molar-refractivity contribution in [1.82, 2.24) is 0 Å². The lowest BCUT2D eigenvalue weighted by Gasteiger charge is -2.11. The van der Waals surface area contributed by atoms with E-state index in [0.717, 1.165) is 12.1 Å². The van der Waals surface area contributed by atoms with Gasteiger partial charge in [-0.25, -0.2) is 0 Å². The fourth-order valence-corrected chi connectivity index (χ4v) is 1.10. The molecule has 0 spiro atoms. The summed E-state index contributed by atoms with van der Waals surface area (Å²) in [7, 11) is 0. The highest BCUT2D eigenvalue weighted by molar-refractivity contribution is 5.44. The molecule has 0 unspecified atom stereocenters. The van der Waals surface area contributed by atoms with Crippen LogP contribution in [0.4, 0.5) is 13.2 Å². The molecule has 0 fully saturated rings. The Kier molecular flexibility index (Phi) is 3.01. The van der Waals surface area contributed by atoms with Crippen LogP contribution in [0.1, 0.15) is 23.6 Å². The van der Waals surface area contributed by atoms with Crippen molar-refractivity contribution in [2.45, 2.75) is 13.1 Å². The number of halogens is 3. The van der Waals surface area contributed by atoms with Crippen molar-refractivity contribution < 1.29 is 18.3 Å². The van der Waals surface area contributed by atoms with E-state index in [1.165, 1.54) is 19.1 Å². The van der Waals surface area contributed by atoms with Crippen molar-refractivity contribution in [1.29, 1.82) is 5.26 Å². The fraction of sp³-hybridized carbons (Fsp3) is 0.200. The van der Waals surface area contributed by atoms with Gasteiger partial charge in [-0.1, -0.05) is 6.07 Å². The van der Waals surface area contributed by atoms with Crippen LogP contribution in [0.2, 0.25) is 0 Å². The van der Waals surface area contributed by atoms with Gasteiger partial charge in [0.05, 0.1) is 17.2 Å². The average molecular weight is 214 g/mol. The number of rotatable bonds is 1. The van der Waals surface area contributed by atoms with E-state index in [9.17, 15) is 13.2 Å². The van der Waals surface area contributed by atoms with E-state index in [4.69, 9.17) is 10.4 Å². The van der Waals surface area contributed by atoms with Gasteiger partial charge in [0.25, 0.3) is 0 Å². The summed E-state index contributed by atoms with van der Waals surface area (Å²) < 4.78 is 37.3. The predicted octanol–water partition coefficient (Wildman–Crippen LogP) is 2.85. The molecule has 1 N–H and O–H groups in total. The fourth-order valence-electron chi connectivity index (χ4n) is 1.10. The first-order chi connectivity index (χ1) is 6.86. The summed E-state index contributed by atoms with van der Waals surface area (Å²) in [6, 6.07) is 4.52. The van der Waals surface area contributed by atoms with Crippen molar-refractivity contribution in [2.24, 2.45) is 0 Å². The smallest absolute Gasteiger partial charge is 0.382 e. The molecule has 0 heterocycles. The highest BCUT2D eigenvalue weighted by Crippen LogP contribution is 2.33. The maximum Gasteiger partial charge on any atom is 0.417 e. The van der Waals surface area contributed by atoms with Gasteiger partial charge in [0.15, 0.2) is 0 Å². The number of benzene rings is 1. The van der Waals surface area contributed by atoms with E-state index in [-0.39, 0.29) is 11.7 Å². The molecule has 5 heteroatoms. The van der Waals surface area contributed by atoms with Crippen LogP contribution in [0.5, 0.6) is 0 Å². The second-order valence-electron chi connectivity index (χ2n) is 2.96. The first kappa shape index (κ1) is 11.5. The molecule has 0 saturated heterocycles. The van der Waals surface area contributed by atoms with Gasteiger partial charge in [0.1, 0.15) is 6.10 Å². The molecule has 0 aromatic heterocycles. The molecule has 0 saturated carbocycles. The summed E-state index contributed by atoms with van der Waals surface area (Å²) in [6.45, 7) is 1.28. The van der Waals surface area contributed by atoms with E-state index in [0.29, 0.717) is 0 Å². The molecular formula is C10H7F3NO. The van der Waals surface area contributed by atoms with Crippen molar-refractivity contribution in [3.05, 3.63) is 41.0 Å². The average Bonchev–Trinajstić information content (AvgIpc) is 2.15. The van der Waals surface area contributed by atoms with Crippen LogP contribution < -0.4 is 0 Å². The predicted molar refractivity (Wildman–Crippen MR) is 46.1 cm³/mol. The van der Waals surface area contributed by atoms with Crippen LogP contribution in [0.15, 0.2) is 18.2 Å². The second-order valence-corrected chi connectivity index (χ2v) is 2.96. The zero-order chi connectivity index (χ0) is 11.6. The van der Waals surface area contributed by atoms with Gasteiger partial charge < -0.3 is 5.11 Å². The number of aliphatic hydroxyl groups excluding tert-OH is 1. The third-order valence-electron chi connectivity index (χ3n) is 1.86. The third-order valence-corrected chi connectivity index (χ3v) is 1.86. The van der Waals surface area contributed by atoms with Crippen LogP contribution in [0, 0.1) is 17.4 Å². The summed E-state index contributed by atoms with van der Waals surface area (Å²) in [5, 5.41) is 17.5. The number of nitriles is 1. The van der Waals surface area contributed by atoms with Crippen LogP contribution >= 0.6 is 0 Å². The lowest BCUT2D eigenvalue weighted by atomic mass is 10.0. The Bertz CT molecular complexity index is 404. The molecule has 1 aromatic rings. The number of hydrogen-bond donors (Lipinski definition) is 1. The van der Waals surface area contributed by atoms with Crippen molar-refractivity contribution in [3.63, 3.8) is 0 Å². The topological polar surface area (TPSA) is 44.0 Å². The third kappa shape index (κ3) is 2.48. The molecule has 0 amide bonds. The van der Waals surface area contributed by atoms with E-state index < -0.39 is 17.3 Å². The maximum atomic E-state index is 12.4. The molecule has 0 aliphatic heterocycles. The summed E-state index contributed by atoms with van der Waals surface area (Å²) in [4.78, 5) is 0. The molecule has 0 bridgehead atoms. The standard InChI is InChI=1S/C10H7F3NO/c1-6(15)7-2-3-8(5-14)9(4-7)10(11,12)13/h2-4,15H,1H3. The quantitative estimate of drug-likeness (QED) is 0.781.